The summed E-state index contributed by atoms with van der Waals surface area (Å²) in [5.41, 5.74) is 2.68. The van der Waals surface area contributed by atoms with Crippen molar-refractivity contribution in [2.75, 3.05) is 0 Å². The Morgan fingerprint density at radius 1 is 1.42 bits per heavy atom. The van der Waals surface area contributed by atoms with Crippen LogP contribution in [0.4, 0.5) is 0 Å². The predicted molar refractivity (Wildman–Crippen MR) is 57.6 cm³/mol. The Hall–Kier alpha value is -0.200. The second-order valence-electron chi connectivity index (χ2n) is 2.32. The van der Waals surface area contributed by atoms with E-state index in [1.54, 1.807) is 0 Å². The summed E-state index contributed by atoms with van der Waals surface area (Å²) in [7, 11) is 0. The fourth-order valence-corrected chi connectivity index (χ4v) is 1.30. The minimum Gasteiger partial charge on any atom is -0.0933 e. The Labute approximate surface area is 84.6 Å². The van der Waals surface area contributed by atoms with E-state index >= 15 is 0 Å². The van der Waals surface area contributed by atoms with Gasteiger partial charge in [0, 0.05) is 10.6 Å². The summed E-state index contributed by atoms with van der Waals surface area (Å²) < 4.78 is 0. The average molecular weight is 205 g/mol. The lowest BCUT2D eigenvalue weighted by Crippen LogP contribution is -1.79. The maximum absolute atomic E-state index is 6.00. The van der Waals surface area contributed by atoms with Crippen LogP contribution >= 0.6 is 23.2 Å². The predicted octanol–water partition coefficient (Wildman–Crippen LogP) is 4.61. The highest BCUT2D eigenvalue weighted by Crippen LogP contribution is 2.18. The summed E-state index contributed by atoms with van der Waals surface area (Å²) in [6.07, 6.45) is 7.60. The van der Waals surface area contributed by atoms with E-state index in [0.717, 1.165) is 17.9 Å². The van der Waals surface area contributed by atoms with Gasteiger partial charge in [-0.3, -0.25) is 0 Å². The van der Waals surface area contributed by atoms with E-state index in [9.17, 15) is 0 Å². The largest absolute Gasteiger partial charge is 0.0933 e. The van der Waals surface area contributed by atoms with Gasteiger partial charge in [0.1, 0.15) is 0 Å². The monoisotopic (exact) mass is 204 g/mol. The Bertz CT molecular complexity index is 200. The smallest absolute Gasteiger partial charge is 0.0397 e. The second kappa shape index (κ2) is 7.45. The molecule has 0 bridgehead atoms. The molecule has 0 radical (unpaired) electrons. The molecular formula is C10H14Cl2. The molecule has 0 rings (SSSR count). The molecule has 12 heavy (non-hydrogen) atoms. The van der Waals surface area contributed by atoms with Crippen molar-refractivity contribution < 1.29 is 0 Å². The third-order valence-corrected chi connectivity index (χ3v) is 2.13. The quantitative estimate of drug-likeness (QED) is 0.588. The lowest BCUT2D eigenvalue weighted by Gasteiger charge is -1.99. The van der Waals surface area contributed by atoms with Gasteiger partial charge in [-0.25, -0.2) is 0 Å². The Morgan fingerprint density at radius 2 is 2.08 bits per heavy atom. The summed E-state index contributed by atoms with van der Waals surface area (Å²) in [6, 6.07) is 0. The first-order valence-electron chi connectivity index (χ1n) is 4.02. The molecule has 0 saturated heterocycles. The molecule has 0 aliphatic heterocycles. The molecule has 0 aromatic carbocycles. The summed E-state index contributed by atoms with van der Waals surface area (Å²) >= 11 is 11.4. The zero-order valence-electron chi connectivity index (χ0n) is 7.48. The zero-order valence-corrected chi connectivity index (χ0v) is 8.99. The van der Waals surface area contributed by atoms with Crippen molar-refractivity contribution in [3.8, 4) is 0 Å². The van der Waals surface area contributed by atoms with Crippen LogP contribution in [-0.4, -0.2) is 0 Å². The van der Waals surface area contributed by atoms with E-state index in [0.29, 0.717) is 0 Å². The standard InChI is InChI=1S/C10H14Cl2/c1-3-9(4-2)10(12)7-5-6-8-11/h3,6-8H,4-5H2,1-2H3/b8-6+,9-3-,10-7?. The van der Waals surface area contributed by atoms with Crippen LogP contribution < -0.4 is 0 Å². The van der Waals surface area contributed by atoms with Gasteiger partial charge in [0.15, 0.2) is 0 Å². The average Bonchev–Trinajstić information content (AvgIpc) is 2.07. The van der Waals surface area contributed by atoms with Crippen LogP contribution in [-0.2, 0) is 0 Å². The molecule has 0 aliphatic carbocycles. The van der Waals surface area contributed by atoms with E-state index < -0.39 is 0 Å². The molecule has 0 amide bonds. The SMILES string of the molecule is C/C=C(/CC)C(Cl)=CC/C=C/Cl. The first-order chi connectivity index (χ1) is 5.76. The molecule has 0 saturated carbocycles. The van der Waals surface area contributed by atoms with E-state index in [1.807, 2.05) is 25.2 Å². The topological polar surface area (TPSA) is 0 Å². The molecule has 0 spiro atoms. The molecule has 0 aromatic heterocycles. The fraction of sp³-hybridized carbons (Fsp3) is 0.400. The molecule has 68 valence electrons. The molecule has 2 heteroatoms. The van der Waals surface area contributed by atoms with Crippen LogP contribution in [0.2, 0.25) is 0 Å². The van der Waals surface area contributed by atoms with E-state index in [1.165, 1.54) is 11.1 Å². The normalized spacial score (nSPS) is 14.3. The van der Waals surface area contributed by atoms with Crippen LogP contribution in [0, 0.1) is 0 Å². The maximum atomic E-state index is 6.00. The number of hydrogen-bond donors (Lipinski definition) is 0. The summed E-state index contributed by atoms with van der Waals surface area (Å²) in [5.74, 6) is 0. The molecule has 0 N–H and O–H groups in total. The van der Waals surface area contributed by atoms with Crippen LogP contribution in [0.1, 0.15) is 26.7 Å². The highest BCUT2D eigenvalue weighted by Gasteiger charge is 1.95. The number of halogens is 2. The maximum Gasteiger partial charge on any atom is 0.0397 e. The Balaban J connectivity index is 4.15. The number of hydrogen-bond acceptors (Lipinski definition) is 0. The van der Waals surface area contributed by atoms with Crippen molar-refractivity contribution in [3.05, 3.63) is 34.4 Å². The van der Waals surface area contributed by atoms with Crippen LogP contribution in [0.3, 0.4) is 0 Å². The highest BCUT2D eigenvalue weighted by atomic mass is 35.5. The first kappa shape index (κ1) is 11.8. The van der Waals surface area contributed by atoms with Gasteiger partial charge in [0.05, 0.1) is 0 Å². The van der Waals surface area contributed by atoms with Gasteiger partial charge in [0.25, 0.3) is 0 Å². The molecule has 0 aromatic rings. The van der Waals surface area contributed by atoms with Crippen molar-refractivity contribution >= 4 is 23.2 Å². The van der Waals surface area contributed by atoms with Crippen LogP contribution in [0.15, 0.2) is 34.4 Å². The summed E-state index contributed by atoms with van der Waals surface area (Å²) in [4.78, 5) is 0. The Kier molecular flexibility index (Phi) is 7.33. The van der Waals surface area contributed by atoms with Gasteiger partial charge in [-0.2, -0.15) is 0 Å². The third-order valence-electron chi connectivity index (χ3n) is 1.56. The first-order valence-corrected chi connectivity index (χ1v) is 4.84. The van der Waals surface area contributed by atoms with Gasteiger partial charge in [-0.15, -0.1) is 0 Å². The van der Waals surface area contributed by atoms with E-state index in [2.05, 4.69) is 6.92 Å². The second-order valence-corrected chi connectivity index (χ2v) is 2.98. The van der Waals surface area contributed by atoms with Gasteiger partial charge in [-0.1, -0.05) is 48.4 Å². The fourth-order valence-electron chi connectivity index (χ4n) is 0.865. The van der Waals surface area contributed by atoms with Crippen molar-refractivity contribution in [2.24, 2.45) is 0 Å². The Morgan fingerprint density at radius 3 is 2.50 bits per heavy atom. The minimum atomic E-state index is 0.791. The van der Waals surface area contributed by atoms with Crippen molar-refractivity contribution in [1.29, 1.82) is 0 Å². The van der Waals surface area contributed by atoms with Gasteiger partial charge >= 0.3 is 0 Å². The molecule has 0 heterocycles. The molecular weight excluding hydrogens is 191 g/mol. The zero-order chi connectivity index (χ0) is 9.40. The molecule has 0 unspecified atom stereocenters. The number of rotatable bonds is 4. The number of allylic oxidation sites excluding steroid dienone is 5. The van der Waals surface area contributed by atoms with E-state index in [4.69, 9.17) is 23.2 Å². The molecule has 0 fully saturated rings. The third kappa shape index (κ3) is 4.63. The van der Waals surface area contributed by atoms with Gasteiger partial charge in [-0.05, 0) is 25.3 Å². The molecule has 0 atom stereocenters. The lowest BCUT2D eigenvalue weighted by molar-refractivity contribution is 1.12. The van der Waals surface area contributed by atoms with Crippen molar-refractivity contribution in [3.63, 3.8) is 0 Å². The van der Waals surface area contributed by atoms with Gasteiger partial charge < -0.3 is 0 Å². The molecule has 0 nitrogen and oxygen atoms in total. The minimum absolute atomic E-state index is 0.791. The van der Waals surface area contributed by atoms with Crippen LogP contribution in [0.25, 0.3) is 0 Å². The summed E-state index contributed by atoms with van der Waals surface area (Å²) in [6.45, 7) is 4.08. The van der Waals surface area contributed by atoms with Crippen molar-refractivity contribution in [1.82, 2.24) is 0 Å². The van der Waals surface area contributed by atoms with Gasteiger partial charge in [0.2, 0.25) is 0 Å². The summed E-state index contributed by atoms with van der Waals surface area (Å²) in [5, 5.41) is 0.828. The highest BCUT2D eigenvalue weighted by molar-refractivity contribution is 6.32. The van der Waals surface area contributed by atoms with Crippen LogP contribution in [0.5, 0.6) is 0 Å². The lowest BCUT2D eigenvalue weighted by atomic mass is 10.1. The molecule has 0 aliphatic rings. The van der Waals surface area contributed by atoms with Crippen molar-refractivity contribution in [2.45, 2.75) is 26.7 Å². The van der Waals surface area contributed by atoms with E-state index in [-0.39, 0.29) is 0 Å².